The quantitative estimate of drug-likeness (QED) is 0.268. The molecule has 0 fully saturated rings. The molecule has 0 bridgehead atoms. The van der Waals surface area contributed by atoms with Gasteiger partial charge in [0.25, 0.3) is 11.6 Å². The Balaban J connectivity index is 1.63. The molecule has 0 unspecified atom stereocenters. The lowest BCUT2D eigenvalue weighted by molar-refractivity contribution is -0.384. The molecule has 0 radical (unpaired) electrons. The van der Waals surface area contributed by atoms with E-state index in [1.807, 2.05) is 0 Å². The fraction of sp³-hybridized carbons (Fsp3) is 0.0909. The molecule has 2 N–H and O–H groups in total. The summed E-state index contributed by atoms with van der Waals surface area (Å²) in [6, 6.07) is 15.6. The monoisotopic (exact) mass is 499 g/mol. The molecule has 0 saturated heterocycles. The van der Waals surface area contributed by atoms with Crippen LogP contribution in [0.15, 0.2) is 70.2 Å². The number of nitrogens with zero attached hydrogens (tertiary/aromatic N) is 2. The number of benzene rings is 3. The summed E-state index contributed by atoms with van der Waals surface area (Å²) in [5.41, 5.74) is 3.86. The summed E-state index contributed by atoms with van der Waals surface area (Å²) >= 11 is 3.25. The molecular formula is C22H18BrN3O6. The minimum Gasteiger partial charge on any atom is -0.507 e. The lowest BCUT2D eigenvalue weighted by Crippen LogP contribution is -2.17. The maximum Gasteiger partial charge on any atom is 0.275 e. The van der Waals surface area contributed by atoms with Crippen LogP contribution in [0.4, 0.5) is 5.69 Å². The lowest BCUT2D eigenvalue weighted by Gasteiger charge is -2.11. The number of nitro groups is 1. The number of halogens is 1. The zero-order valence-corrected chi connectivity index (χ0v) is 18.4. The molecule has 3 aromatic rings. The smallest absolute Gasteiger partial charge is 0.275 e. The van der Waals surface area contributed by atoms with Crippen LogP contribution in [0.25, 0.3) is 0 Å². The highest BCUT2D eigenvalue weighted by Gasteiger charge is 2.11. The van der Waals surface area contributed by atoms with Gasteiger partial charge in [-0.25, -0.2) is 5.43 Å². The summed E-state index contributed by atoms with van der Waals surface area (Å²) in [5.74, 6) is 0.328. The molecule has 1 amide bonds. The van der Waals surface area contributed by atoms with Gasteiger partial charge in [-0.1, -0.05) is 28.1 Å². The van der Waals surface area contributed by atoms with Gasteiger partial charge in [-0.3, -0.25) is 14.9 Å². The van der Waals surface area contributed by atoms with Crippen molar-refractivity contribution < 1.29 is 24.3 Å². The molecule has 3 rings (SSSR count). The van der Waals surface area contributed by atoms with E-state index in [1.165, 1.54) is 49.7 Å². The minimum absolute atomic E-state index is 0.0132. The number of rotatable bonds is 8. The van der Waals surface area contributed by atoms with E-state index in [1.54, 1.807) is 24.3 Å². The average Bonchev–Trinajstić information content (AvgIpc) is 2.79. The van der Waals surface area contributed by atoms with Crippen molar-refractivity contribution in [2.24, 2.45) is 5.10 Å². The highest BCUT2D eigenvalue weighted by atomic mass is 79.9. The number of carbonyl (C=O) groups is 1. The van der Waals surface area contributed by atoms with Crippen molar-refractivity contribution in [2.45, 2.75) is 6.61 Å². The van der Waals surface area contributed by atoms with Crippen molar-refractivity contribution in [3.05, 3.63) is 91.9 Å². The molecular weight excluding hydrogens is 482 g/mol. The first kappa shape index (κ1) is 22.8. The molecule has 10 heteroatoms. The van der Waals surface area contributed by atoms with Crippen LogP contribution in [0, 0.1) is 10.1 Å². The lowest BCUT2D eigenvalue weighted by atomic mass is 10.1. The minimum atomic E-state index is -0.555. The van der Waals surface area contributed by atoms with Crippen LogP contribution in [0.2, 0.25) is 0 Å². The standard InChI is InChI=1S/C22H18BrN3O6/c1-31-21-10-14(12-24-25-22(28)19-11-16(23)4-9-20(19)27)2-3-15(21)13-32-18-7-5-17(6-8-18)26(29)30/h2-12,27H,13H2,1H3,(H,25,28)/b24-12+. The Hall–Kier alpha value is -3.92. The molecule has 0 aromatic heterocycles. The third kappa shape index (κ3) is 5.82. The molecule has 0 spiro atoms. The number of phenolic OH excluding ortho intramolecular Hbond substituents is 1. The zero-order valence-electron chi connectivity index (χ0n) is 16.8. The molecule has 164 valence electrons. The molecule has 0 heterocycles. The van der Waals surface area contributed by atoms with E-state index in [9.17, 15) is 20.0 Å². The fourth-order valence-corrected chi connectivity index (χ4v) is 3.06. The van der Waals surface area contributed by atoms with Crippen LogP contribution in [0.5, 0.6) is 17.2 Å². The van der Waals surface area contributed by atoms with Gasteiger partial charge in [0.05, 0.1) is 23.8 Å². The van der Waals surface area contributed by atoms with Crippen molar-refractivity contribution in [2.75, 3.05) is 7.11 Å². The van der Waals surface area contributed by atoms with E-state index in [2.05, 4.69) is 26.5 Å². The van der Waals surface area contributed by atoms with Gasteiger partial charge in [0, 0.05) is 22.2 Å². The largest absolute Gasteiger partial charge is 0.507 e. The number of ether oxygens (including phenoxy) is 2. The maximum atomic E-state index is 12.2. The van der Waals surface area contributed by atoms with Crippen molar-refractivity contribution >= 4 is 33.7 Å². The Kier molecular flexibility index (Phi) is 7.40. The second kappa shape index (κ2) is 10.4. The fourth-order valence-electron chi connectivity index (χ4n) is 2.70. The molecule has 0 aliphatic rings. The second-order valence-corrected chi connectivity index (χ2v) is 7.39. The summed E-state index contributed by atoms with van der Waals surface area (Å²) < 4.78 is 11.7. The molecule has 32 heavy (non-hydrogen) atoms. The zero-order chi connectivity index (χ0) is 23.1. The number of phenols is 1. The predicted molar refractivity (Wildman–Crippen MR) is 121 cm³/mol. The Labute approximate surface area is 191 Å². The van der Waals surface area contributed by atoms with Crippen LogP contribution >= 0.6 is 15.9 Å². The second-order valence-electron chi connectivity index (χ2n) is 6.47. The first-order chi connectivity index (χ1) is 15.4. The number of nitrogens with one attached hydrogen (secondary N) is 1. The van der Waals surface area contributed by atoms with Gasteiger partial charge in [0.1, 0.15) is 23.9 Å². The molecule has 0 saturated carbocycles. The van der Waals surface area contributed by atoms with Gasteiger partial charge in [0.15, 0.2) is 0 Å². The SMILES string of the molecule is COc1cc(/C=N/NC(=O)c2cc(Br)ccc2O)ccc1COc1ccc([N+](=O)[O-])cc1. The number of hydrogen-bond donors (Lipinski definition) is 2. The summed E-state index contributed by atoms with van der Waals surface area (Å²) in [6.07, 6.45) is 1.44. The molecule has 9 nitrogen and oxygen atoms in total. The molecule has 0 atom stereocenters. The molecule has 0 aliphatic heterocycles. The van der Waals surface area contributed by atoms with E-state index in [0.29, 0.717) is 21.5 Å². The number of methoxy groups -OCH3 is 1. The average molecular weight is 500 g/mol. The summed E-state index contributed by atoms with van der Waals surface area (Å²) in [4.78, 5) is 22.4. The summed E-state index contributed by atoms with van der Waals surface area (Å²) in [7, 11) is 1.52. The first-order valence-electron chi connectivity index (χ1n) is 9.23. The predicted octanol–water partition coefficient (Wildman–Crippen LogP) is 4.41. The Morgan fingerprint density at radius 1 is 1.19 bits per heavy atom. The van der Waals surface area contributed by atoms with E-state index in [-0.39, 0.29) is 23.6 Å². The van der Waals surface area contributed by atoms with Crippen molar-refractivity contribution in [3.63, 3.8) is 0 Å². The van der Waals surface area contributed by atoms with Gasteiger partial charge in [-0.2, -0.15) is 5.10 Å². The normalized spacial score (nSPS) is 10.7. The van der Waals surface area contributed by atoms with Crippen LogP contribution < -0.4 is 14.9 Å². The third-order valence-corrected chi connectivity index (χ3v) is 4.83. The van der Waals surface area contributed by atoms with Gasteiger partial charge in [-0.05, 0) is 42.0 Å². The van der Waals surface area contributed by atoms with Gasteiger partial charge < -0.3 is 14.6 Å². The number of hydrogen-bond acceptors (Lipinski definition) is 7. The number of nitro benzene ring substituents is 1. The van der Waals surface area contributed by atoms with E-state index in [0.717, 1.165) is 5.56 Å². The van der Waals surface area contributed by atoms with E-state index >= 15 is 0 Å². The number of hydrazone groups is 1. The van der Waals surface area contributed by atoms with Gasteiger partial charge in [-0.15, -0.1) is 0 Å². The third-order valence-electron chi connectivity index (χ3n) is 4.34. The molecule has 0 aliphatic carbocycles. The van der Waals surface area contributed by atoms with Crippen LogP contribution in [-0.2, 0) is 6.61 Å². The van der Waals surface area contributed by atoms with Gasteiger partial charge >= 0.3 is 0 Å². The van der Waals surface area contributed by atoms with Crippen molar-refractivity contribution in [1.82, 2.24) is 5.43 Å². The highest BCUT2D eigenvalue weighted by molar-refractivity contribution is 9.10. The van der Waals surface area contributed by atoms with Crippen LogP contribution in [0.3, 0.4) is 0 Å². The van der Waals surface area contributed by atoms with Crippen molar-refractivity contribution in [3.8, 4) is 17.2 Å². The molecule has 3 aromatic carbocycles. The summed E-state index contributed by atoms with van der Waals surface area (Å²) in [6.45, 7) is 0.192. The maximum absolute atomic E-state index is 12.2. The summed E-state index contributed by atoms with van der Waals surface area (Å²) in [5, 5.41) is 24.4. The first-order valence-corrected chi connectivity index (χ1v) is 10.0. The number of carbonyl (C=O) groups excluding carboxylic acids is 1. The highest BCUT2D eigenvalue weighted by Crippen LogP contribution is 2.24. The Morgan fingerprint density at radius 2 is 1.94 bits per heavy atom. The Bertz CT molecular complexity index is 1160. The van der Waals surface area contributed by atoms with E-state index < -0.39 is 10.8 Å². The number of amides is 1. The van der Waals surface area contributed by atoms with Crippen molar-refractivity contribution in [1.29, 1.82) is 0 Å². The van der Waals surface area contributed by atoms with Gasteiger partial charge in [0.2, 0.25) is 0 Å². The Morgan fingerprint density at radius 3 is 2.62 bits per heavy atom. The number of aromatic hydroxyl groups is 1. The van der Waals surface area contributed by atoms with E-state index in [4.69, 9.17) is 9.47 Å². The number of non-ortho nitro benzene ring substituents is 1. The van der Waals surface area contributed by atoms with Crippen LogP contribution in [-0.4, -0.2) is 29.3 Å². The topological polar surface area (TPSA) is 123 Å². The van der Waals surface area contributed by atoms with Crippen LogP contribution in [0.1, 0.15) is 21.5 Å².